The van der Waals surface area contributed by atoms with Crippen molar-refractivity contribution in [2.75, 3.05) is 32.6 Å². The number of carbonyl (C=O) groups excluding carboxylic acids is 1. The van der Waals surface area contributed by atoms with E-state index in [1.54, 1.807) is 4.68 Å². The van der Waals surface area contributed by atoms with Crippen molar-refractivity contribution in [1.82, 2.24) is 14.7 Å². The van der Waals surface area contributed by atoms with Crippen LogP contribution in [0, 0.1) is 0 Å². The van der Waals surface area contributed by atoms with Gasteiger partial charge in [0, 0.05) is 25.2 Å². The van der Waals surface area contributed by atoms with Gasteiger partial charge in [0.15, 0.2) is 9.92 Å². The smallest absolute Gasteiger partial charge is 0.354 e. The van der Waals surface area contributed by atoms with Crippen molar-refractivity contribution in [2.24, 2.45) is 9.50 Å². The number of benzene rings is 1. The molecule has 2 amide bonds. The van der Waals surface area contributed by atoms with Crippen LogP contribution in [0.5, 0.6) is 5.88 Å². The van der Waals surface area contributed by atoms with Crippen LogP contribution in [0.3, 0.4) is 0 Å². The lowest BCUT2D eigenvalue weighted by Crippen LogP contribution is -2.21. The second-order valence-electron chi connectivity index (χ2n) is 9.14. The van der Waals surface area contributed by atoms with Gasteiger partial charge in [0.2, 0.25) is 5.88 Å². The number of aromatic nitrogens is 2. The van der Waals surface area contributed by atoms with Gasteiger partial charge >= 0.3 is 6.03 Å². The molecule has 2 aromatic rings. The summed E-state index contributed by atoms with van der Waals surface area (Å²) in [4.78, 5) is 15.3. The number of nitrogens with one attached hydrogen (secondary N) is 1. The normalized spacial score (nSPS) is 20.8. The number of ether oxygens (including phenoxy) is 1. The van der Waals surface area contributed by atoms with Crippen molar-refractivity contribution in [3.05, 3.63) is 34.5 Å². The Morgan fingerprint density at radius 3 is 3.00 bits per heavy atom. The average Bonchev–Trinajstić information content (AvgIpc) is 3.45. The van der Waals surface area contributed by atoms with E-state index in [4.69, 9.17) is 9.88 Å². The minimum absolute atomic E-state index is 0.168. The molecular formula is C22H30N6O3S. The Labute approximate surface area is 188 Å². The first-order chi connectivity index (χ1) is 15.3. The predicted octanol–water partition coefficient (Wildman–Crippen LogP) is 2.68. The Hall–Kier alpha value is -2.43. The number of nitrogens with zero attached hydrogens (tertiary/aromatic N) is 4. The Bertz CT molecular complexity index is 1190. The number of aryl methyl sites for hydroxylation is 2. The molecule has 5 rings (SSSR count). The van der Waals surface area contributed by atoms with Gasteiger partial charge < -0.3 is 15.0 Å². The number of amides is 2. The maximum atomic E-state index is 13.2. The van der Waals surface area contributed by atoms with E-state index in [0.717, 1.165) is 50.8 Å². The van der Waals surface area contributed by atoms with Crippen LogP contribution < -0.4 is 15.2 Å². The van der Waals surface area contributed by atoms with Gasteiger partial charge in [-0.3, -0.25) is 0 Å². The lowest BCUT2D eigenvalue weighted by Gasteiger charge is -2.20. The topological polar surface area (TPSA) is 115 Å². The standard InChI is InChI=1S/C22H30N6O3S/c1-27(2)13-15-7-8-17-18(15)11-14-5-3-6-16(14)20(17)25-22(29)26-32(23,30)19-12-24-28-9-4-10-31-21(19)28/h11-12,15H,3-10,13H2,1-2H3,(H3,23,25,26,29,30). The van der Waals surface area contributed by atoms with Gasteiger partial charge in [-0.05, 0) is 74.4 Å². The molecule has 1 aromatic heterocycles. The van der Waals surface area contributed by atoms with Crippen LogP contribution in [0.25, 0.3) is 0 Å². The Balaban J connectivity index is 1.47. The van der Waals surface area contributed by atoms with E-state index in [1.165, 1.54) is 28.5 Å². The highest BCUT2D eigenvalue weighted by molar-refractivity contribution is 7.91. The maximum Gasteiger partial charge on any atom is 0.354 e. The zero-order chi connectivity index (χ0) is 22.5. The van der Waals surface area contributed by atoms with Gasteiger partial charge in [0.05, 0.1) is 12.8 Å². The molecule has 0 bridgehead atoms. The number of likely N-dealkylation sites (N-methyl/N-ethyl adjacent to an activating group) is 1. The number of hydrogen-bond acceptors (Lipinski definition) is 5. The summed E-state index contributed by atoms with van der Waals surface area (Å²) in [6.45, 7) is 2.14. The Morgan fingerprint density at radius 1 is 1.34 bits per heavy atom. The van der Waals surface area contributed by atoms with Crippen LogP contribution in [-0.4, -0.2) is 52.2 Å². The molecule has 2 unspecified atom stereocenters. The third-order valence-electron chi connectivity index (χ3n) is 6.59. The summed E-state index contributed by atoms with van der Waals surface area (Å²) < 4.78 is 24.3. The summed E-state index contributed by atoms with van der Waals surface area (Å²) in [5.41, 5.74) is 5.86. The molecule has 1 aliphatic heterocycles. The van der Waals surface area contributed by atoms with Crippen LogP contribution in [-0.2, 0) is 35.7 Å². The van der Waals surface area contributed by atoms with Gasteiger partial charge in [-0.25, -0.2) is 18.8 Å². The minimum Gasteiger partial charge on any atom is -0.477 e. The lowest BCUT2D eigenvalue weighted by atomic mass is 9.94. The zero-order valence-corrected chi connectivity index (χ0v) is 19.4. The molecule has 2 heterocycles. The number of anilines is 1. The van der Waals surface area contributed by atoms with E-state index in [-0.39, 0.29) is 4.90 Å². The third-order valence-corrected chi connectivity index (χ3v) is 7.94. The van der Waals surface area contributed by atoms with E-state index in [2.05, 4.69) is 39.8 Å². The molecule has 0 fully saturated rings. The van der Waals surface area contributed by atoms with Crippen molar-refractivity contribution in [3.8, 4) is 5.88 Å². The van der Waals surface area contributed by atoms with Crippen molar-refractivity contribution in [2.45, 2.75) is 55.9 Å². The highest BCUT2D eigenvalue weighted by Gasteiger charge is 2.31. The van der Waals surface area contributed by atoms with Gasteiger partial charge in [-0.15, -0.1) is 4.36 Å². The molecule has 3 aliphatic rings. The first-order valence-corrected chi connectivity index (χ1v) is 12.8. The number of nitrogens with two attached hydrogens (primary N) is 1. The van der Waals surface area contributed by atoms with E-state index in [1.807, 2.05) is 0 Å². The average molecular weight is 459 g/mol. The number of fused-ring (bicyclic) bond motifs is 3. The van der Waals surface area contributed by atoms with Crippen molar-refractivity contribution >= 4 is 21.6 Å². The molecule has 2 aliphatic carbocycles. The molecule has 9 nitrogen and oxygen atoms in total. The van der Waals surface area contributed by atoms with Gasteiger partial charge in [0.25, 0.3) is 0 Å². The fourth-order valence-corrected chi connectivity index (χ4v) is 6.25. The summed E-state index contributed by atoms with van der Waals surface area (Å²) in [6.07, 6.45) is 7.21. The van der Waals surface area contributed by atoms with Crippen molar-refractivity contribution < 1.29 is 13.7 Å². The van der Waals surface area contributed by atoms with Crippen LogP contribution in [0.1, 0.15) is 47.4 Å². The zero-order valence-electron chi connectivity index (χ0n) is 18.6. The molecule has 0 radical (unpaired) electrons. The number of urea groups is 1. The molecule has 172 valence electrons. The summed E-state index contributed by atoms with van der Waals surface area (Å²) in [5, 5.41) is 13.2. The van der Waals surface area contributed by atoms with E-state index < -0.39 is 15.9 Å². The number of rotatable bonds is 4. The molecule has 10 heteroatoms. The molecule has 2 atom stereocenters. The molecule has 0 spiro atoms. The quantitative estimate of drug-likeness (QED) is 0.731. The third kappa shape index (κ3) is 3.80. The SMILES string of the molecule is CN(C)CC1CCc2c1cc1c(c2NC(=O)N=S(N)(=O)c2cnn3c2OCCC3)CCC1. The number of hydrogen-bond donors (Lipinski definition) is 2. The molecule has 1 aromatic carbocycles. The molecule has 0 saturated carbocycles. The fraction of sp³-hybridized carbons (Fsp3) is 0.545. The largest absolute Gasteiger partial charge is 0.477 e. The second kappa shape index (κ2) is 8.17. The first-order valence-electron chi connectivity index (χ1n) is 11.2. The van der Waals surface area contributed by atoms with Crippen LogP contribution in [0.4, 0.5) is 10.5 Å². The maximum absolute atomic E-state index is 13.2. The van der Waals surface area contributed by atoms with Crippen LogP contribution >= 0.6 is 0 Å². The van der Waals surface area contributed by atoms with Crippen molar-refractivity contribution in [3.63, 3.8) is 0 Å². The van der Waals surface area contributed by atoms with Crippen LogP contribution in [0.2, 0.25) is 0 Å². The Morgan fingerprint density at radius 2 is 2.19 bits per heavy atom. The van der Waals surface area contributed by atoms with Crippen LogP contribution in [0.15, 0.2) is 21.5 Å². The summed E-state index contributed by atoms with van der Waals surface area (Å²) in [5.74, 6) is 0.793. The highest BCUT2D eigenvalue weighted by Crippen LogP contribution is 2.43. The molecular weight excluding hydrogens is 428 g/mol. The lowest BCUT2D eigenvalue weighted by molar-refractivity contribution is 0.224. The molecule has 32 heavy (non-hydrogen) atoms. The first kappa shape index (κ1) is 21.4. The molecule has 3 N–H and O–H groups in total. The van der Waals surface area contributed by atoms with Crippen molar-refractivity contribution in [1.29, 1.82) is 0 Å². The van der Waals surface area contributed by atoms with Gasteiger partial charge in [0.1, 0.15) is 4.90 Å². The van der Waals surface area contributed by atoms with E-state index in [0.29, 0.717) is 24.9 Å². The minimum atomic E-state index is -3.48. The Kier molecular flexibility index (Phi) is 5.47. The summed E-state index contributed by atoms with van der Waals surface area (Å²) in [7, 11) is 0.690. The number of carbonyl (C=O) groups is 1. The van der Waals surface area contributed by atoms with Gasteiger partial charge in [-0.1, -0.05) is 6.07 Å². The van der Waals surface area contributed by atoms with Gasteiger partial charge in [-0.2, -0.15) is 5.10 Å². The van der Waals surface area contributed by atoms with E-state index in [9.17, 15) is 9.00 Å². The monoisotopic (exact) mass is 458 g/mol. The van der Waals surface area contributed by atoms with E-state index >= 15 is 0 Å². The second-order valence-corrected chi connectivity index (χ2v) is 10.9. The molecule has 0 saturated heterocycles. The highest BCUT2D eigenvalue weighted by atomic mass is 32.2. The summed E-state index contributed by atoms with van der Waals surface area (Å²) >= 11 is 0. The fourth-order valence-electron chi connectivity index (χ4n) is 5.25. The summed E-state index contributed by atoms with van der Waals surface area (Å²) in [6, 6.07) is 1.65. The predicted molar refractivity (Wildman–Crippen MR) is 122 cm³/mol.